The van der Waals surface area contributed by atoms with Crippen molar-refractivity contribution < 1.29 is 19.3 Å². The molecule has 1 aliphatic rings. The van der Waals surface area contributed by atoms with Crippen molar-refractivity contribution in [1.29, 1.82) is 0 Å². The SMILES string of the molecule is COc1cccc(OC)c1OCC(O)CN1CCC(C)CC1. The molecule has 1 fully saturated rings. The predicted molar refractivity (Wildman–Crippen MR) is 85.9 cm³/mol. The molecule has 5 heteroatoms. The maximum Gasteiger partial charge on any atom is 0.203 e. The highest BCUT2D eigenvalue weighted by atomic mass is 16.5. The van der Waals surface area contributed by atoms with Gasteiger partial charge in [-0.05, 0) is 44.0 Å². The fourth-order valence-corrected chi connectivity index (χ4v) is 2.73. The molecule has 1 aromatic rings. The number of hydrogen-bond donors (Lipinski definition) is 1. The molecular formula is C17H27NO4. The Morgan fingerprint density at radius 1 is 1.18 bits per heavy atom. The quantitative estimate of drug-likeness (QED) is 0.836. The first-order valence-electron chi connectivity index (χ1n) is 7.88. The highest BCUT2D eigenvalue weighted by molar-refractivity contribution is 5.51. The number of hydrogen-bond acceptors (Lipinski definition) is 5. The summed E-state index contributed by atoms with van der Waals surface area (Å²) in [5.41, 5.74) is 0. The number of likely N-dealkylation sites (tertiary alicyclic amines) is 1. The molecule has 0 amide bonds. The number of rotatable bonds is 7. The Labute approximate surface area is 132 Å². The van der Waals surface area contributed by atoms with Gasteiger partial charge >= 0.3 is 0 Å². The number of para-hydroxylation sites is 1. The van der Waals surface area contributed by atoms with Gasteiger partial charge in [-0.25, -0.2) is 0 Å². The summed E-state index contributed by atoms with van der Waals surface area (Å²) in [5, 5.41) is 10.2. The molecule has 0 spiro atoms. The molecule has 1 aliphatic heterocycles. The standard InChI is InChI=1S/C17H27NO4/c1-13-7-9-18(10-8-13)11-14(19)12-22-17-15(20-2)5-4-6-16(17)21-3/h4-6,13-14,19H,7-12H2,1-3H3. The molecule has 22 heavy (non-hydrogen) atoms. The Balaban J connectivity index is 1.87. The van der Waals surface area contributed by atoms with E-state index in [0.29, 0.717) is 23.8 Å². The number of ether oxygens (including phenoxy) is 3. The molecule has 5 nitrogen and oxygen atoms in total. The minimum atomic E-state index is -0.525. The van der Waals surface area contributed by atoms with E-state index >= 15 is 0 Å². The van der Waals surface area contributed by atoms with Crippen LogP contribution in [0.1, 0.15) is 19.8 Å². The average molecular weight is 309 g/mol. The molecule has 0 aliphatic carbocycles. The smallest absolute Gasteiger partial charge is 0.203 e. The van der Waals surface area contributed by atoms with Crippen molar-refractivity contribution >= 4 is 0 Å². The molecule has 1 heterocycles. The summed E-state index contributed by atoms with van der Waals surface area (Å²) in [7, 11) is 3.18. The lowest BCUT2D eigenvalue weighted by molar-refractivity contribution is 0.0546. The summed E-state index contributed by atoms with van der Waals surface area (Å²) < 4.78 is 16.3. The van der Waals surface area contributed by atoms with E-state index in [0.717, 1.165) is 19.0 Å². The van der Waals surface area contributed by atoms with Crippen molar-refractivity contribution in [3.05, 3.63) is 18.2 Å². The first-order valence-corrected chi connectivity index (χ1v) is 7.88. The third kappa shape index (κ3) is 4.52. The van der Waals surface area contributed by atoms with Crippen LogP contribution in [0.2, 0.25) is 0 Å². The fraction of sp³-hybridized carbons (Fsp3) is 0.647. The van der Waals surface area contributed by atoms with Gasteiger partial charge in [0.2, 0.25) is 5.75 Å². The Hall–Kier alpha value is -1.46. The monoisotopic (exact) mass is 309 g/mol. The Morgan fingerprint density at radius 2 is 1.77 bits per heavy atom. The van der Waals surface area contributed by atoms with E-state index in [9.17, 15) is 5.11 Å². The molecule has 0 saturated carbocycles. The topological polar surface area (TPSA) is 51.2 Å². The number of piperidine rings is 1. The van der Waals surface area contributed by atoms with Gasteiger partial charge in [0, 0.05) is 6.54 Å². The number of aliphatic hydroxyl groups is 1. The highest BCUT2D eigenvalue weighted by Gasteiger charge is 2.19. The van der Waals surface area contributed by atoms with Crippen molar-refractivity contribution in [2.24, 2.45) is 5.92 Å². The molecular weight excluding hydrogens is 282 g/mol. The summed E-state index contributed by atoms with van der Waals surface area (Å²) in [6.45, 7) is 5.25. The van der Waals surface area contributed by atoms with Crippen LogP contribution in [0, 0.1) is 5.92 Å². The van der Waals surface area contributed by atoms with Crippen molar-refractivity contribution in [3.63, 3.8) is 0 Å². The number of nitrogens with zero attached hydrogens (tertiary/aromatic N) is 1. The zero-order valence-corrected chi connectivity index (χ0v) is 13.7. The van der Waals surface area contributed by atoms with Crippen LogP contribution >= 0.6 is 0 Å². The first kappa shape index (κ1) is 16.9. The van der Waals surface area contributed by atoms with E-state index in [1.54, 1.807) is 14.2 Å². The molecule has 0 radical (unpaired) electrons. The van der Waals surface area contributed by atoms with Crippen LogP contribution in [0.25, 0.3) is 0 Å². The second-order valence-electron chi connectivity index (χ2n) is 5.94. The van der Waals surface area contributed by atoms with Crippen LogP contribution in [0.4, 0.5) is 0 Å². The summed E-state index contributed by atoms with van der Waals surface area (Å²) >= 11 is 0. The van der Waals surface area contributed by atoms with E-state index in [-0.39, 0.29) is 6.61 Å². The van der Waals surface area contributed by atoms with Gasteiger partial charge in [0.15, 0.2) is 11.5 Å². The second-order valence-corrected chi connectivity index (χ2v) is 5.94. The van der Waals surface area contributed by atoms with Crippen LogP contribution in [0.3, 0.4) is 0 Å². The van der Waals surface area contributed by atoms with Gasteiger partial charge in [0.25, 0.3) is 0 Å². The fourth-order valence-electron chi connectivity index (χ4n) is 2.73. The average Bonchev–Trinajstić information content (AvgIpc) is 2.54. The summed E-state index contributed by atoms with van der Waals surface area (Å²) in [6, 6.07) is 5.47. The lowest BCUT2D eigenvalue weighted by Gasteiger charge is -2.31. The maximum absolute atomic E-state index is 10.2. The van der Waals surface area contributed by atoms with Crippen molar-refractivity contribution in [1.82, 2.24) is 4.90 Å². The molecule has 1 atom stereocenters. The van der Waals surface area contributed by atoms with Crippen LogP contribution < -0.4 is 14.2 Å². The zero-order chi connectivity index (χ0) is 15.9. The van der Waals surface area contributed by atoms with Crippen molar-refractivity contribution in [3.8, 4) is 17.2 Å². The lowest BCUT2D eigenvalue weighted by atomic mass is 9.99. The van der Waals surface area contributed by atoms with Gasteiger partial charge in [-0.1, -0.05) is 13.0 Å². The molecule has 124 valence electrons. The Bertz CT molecular complexity index is 436. The van der Waals surface area contributed by atoms with Crippen molar-refractivity contribution in [2.75, 3.05) is 40.5 Å². The van der Waals surface area contributed by atoms with Gasteiger partial charge in [0.05, 0.1) is 14.2 Å². The van der Waals surface area contributed by atoms with E-state index in [1.165, 1.54) is 12.8 Å². The van der Waals surface area contributed by atoms with E-state index in [4.69, 9.17) is 14.2 Å². The minimum absolute atomic E-state index is 0.225. The molecule has 0 bridgehead atoms. The third-order valence-corrected chi connectivity index (χ3v) is 4.15. The third-order valence-electron chi connectivity index (χ3n) is 4.15. The van der Waals surface area contributed by atoms with Crippen LogP contribution in [-0.4, -0.2) is 56.6 Å². The summed E-state index contributed by atoms with van der Waals surface area (Å²) in [6.07, 6.45) is 1.88. The lowest BCUT2D eigenvalue weighted by Crippen LogP contribution is -2.40. The van der Waals surface area contributed by atoms with E-state index in [2.05, 4.69) is 11.8 Å². The Morgan fingerprint density at radius 3 is 2.32 bits per heavy atom. The number of benzene rings is 1. The number of β-amino-alcohol motifs (C(OH)–C–C–N with tert-alkyl or cyclic N) is 1. The molecule has 1 saturated heterocycles. The molecule has 1 aromatic carbocycles. The van der Waals surface area contributed by atoms with Gasteiger partial charge in [0.1, 0.15) is 12.7 Å². The van der Waals surface area contributed by atoms with E-state index in [1.807, 2.05) is 18.2 Å². The molecule has 2 rings (SSSR count). The van der Waals surface area contributed by atoms with Gasteiger partial charge < -0.3 is 24.2 Å². The van der Waals surface area contributed by atoms with Crippen LogP contribution in [-0.2, 0) is 0 Å². The molecule has 0 aromatic heterocycles. The van der Waals surface area contributed by atoms with Gasteiger partial charge in [-0.3, -0.25) is 0 Å². The highest BCUT2D eigenvalue weighted by Crippen LogP contribution is 2.36. The minimum Gasteiger partial charge on any atom is -0.493 e. The zero-order valence-electron chi connectivity index (χ0n) is 13.7. The number of methoxy groups -OCH3 is 2. The Kier molecular flexibility index (Phi) is 6.34. The van der Waals surface area contributed by atoms with Crippen LogP contribution in [0.5, 0.6) is 17.2 Å². The summed E-state index contributed by atoms with van der Waals surface area (Å²) in [5.74, 6) is 2.55. The van der Waals surface area contributed by atoms with Gasteiger partial charge in [-0.15, -0.1) is 0 Å². The molecule has 1 unspecified atom stereocenters. The second kappa shape index (κ2) is 8.25. The van der Waals surface area contributed by atoms with Crippen LogP contribution in [0.15, 0.2) is 18.2 Å². The van der Waals surface area contributed by atoms with Gasteiger partial charge in [-0.2, -0.15) is 0 Å². The maximum atomic E-state index is 10.2. The summed E-state index contributed by atoms with van der Waals surface area (Å²) in [4.78, 5) is 2.30. The first-order chi connectivity index (χ1) is 10.6. The van der Waals surface area contributed by atoms with E-state index < -0.39 is 6.10 Å². The largest absolute Gasteiger partial charge is 0.493 e. The number of aliphatic hydroxyl groups excluding tert-OH is 1. The van der Waals surface area contributed by atoms with Crippen molar-refractivity contribution in [2.45, 2.75) is 25.9 Å². The molecule has 1 N–H and O–H groups in total. The predicted octanol–water partition coefficient (Wildman–Crippen LogP) is 2.18. The normalized spacial score (nSPS) is 18.0.